The Hall–Kier alpha value is 1.43. The maximum absolute atomic E-state index is 3.19. The van der Waals surface area contributed by atoms with E-state index in [1.165, 1.54) is 5.56 Å². The zero-order valence-electron chi connectivity index (χ0n) is 11.6. The van der Waals surface area contributed by atoms with Crippen LogP contribution in [0.25, 0.3) is 0 Å². The fraction of sp³-hybridized carbons (Fsp3) is 0.562. The summed E-state index contributed by atoms with van der Waals surface area (Å²) in [4.78, 5) is 0. The molecule has 1 aromatic rings. The minimum Gasteiger partial charge on any atom is -0.326 e. The summed E-state index contributed by atoms with van der Waals surface area (Å²) in [6.45, 7) is 12.2. The van der Waals surface area contributed by atoms with Gasteiger partial charge in [0.15, 0.2) is 0 Å². The van der Waals surface area contributed by atoms with E-state index < -0.39 is 0 Å². The molecule has 2 radical (unpaired) electrons. The van der Waals surface area contributed by atoms with Crippen molar-refractivity contribution in [1.82, 2.24) is 0 Å². The molecule has 0 bridgehead atoms. The maximum Gasteiger partial charge on any atom is 0 e. The van der Waals surface area contributed by atoms with Crippen molar-refractivity contribution in [3.05, 3.63) is 42.3 Å². The van der Waals surface area contributed by atoms with Gasteiger partial charge in [0.25, 0.3) is 0 Å². The Morgan fingerprint density at radius 1 is 1.00 bits per heavy atom. The first-order chi connectivity index (χ1) is 6.84. The molecule has 0 N–H and O–H groups in total. The second-order valence-corrected chi connectivity index (χ2v) is 2.44. The monoisotopic (exact) mass is 402 g/mol. The van der Waals surface area contributed by atoms with E-state index >= 15 is 0 Å². The smallest absolute Gasteiger partial charge is 0 e. The third-order valence-electron chi connectivity index (χ3n) is 1.72. The first-order valence-electron chi connectivity index (χ1n) is 5.60. The van der Waals surface area contributed by atoms with Crippen LogP contribution in [0.2, 0.25) is 0 Å². The van der Waals surface area contributed by atoms with Crippen molar-refractivity contribution in [3.8, 4) is 0 Å². The number of rotatable bonds is 2. The van der Waals surface area contributed by atoms with Gasteiger partial charge in [0, 0.05) is 65.4 Å². The zero-order valence-corrected chi connectivity index (χ0v) is 17.3. The Labute approximate surface area is 168 Å². The van der Waals surface area contributed by atoms with Gasteiger partial charge in [0.1, 0.15) is 0 Å². The molecule has 0 aliphatic heterocycles. The molecular weight excluding hydrogens is 370 g/mol. The minimum absolute atomic E-state index is 0. The van der Waals surface area contributed by atoms with Crippen molar-refractivity contribution in [2.45, 2.75) is 62.3 Å². The van der Waals surface area contributed by atoms with Crippen LogP contribution in [0.1, 0.15) is 67.9 Å². The summed E-state index contributed by atoms with van der Waals surface area (Å²) in [7, 11) is 0. The molecule has 2 heteroatoms. The topological polar surface area (TPSA) is 0 Å². The fourth-order valence-electron chi connectivity index (χ4n) is 0.870. The summed E-state index contributed by atoms with van der Waals surface area (Å²) in [6, 6.07) is 11.3. The Morgan fingerprint density at radius 2 is 1.44 bits per heavy atom. The normalized spacial score (nSPS) is 7.89. The van der Waals surface area contributed by atoms with E-state index in [-0.39, 0.29) is 80.3 Å². The Bertz CT molecular complexity index is 186. The molecular formula is C16H32Y2-2. The quantitative estimate of drug-likeness (QED) is 0.522. The summed E-state index contributed by atoms with van der Waals surface area (Å²) in [6.07, 6.45) is 2.17. The predicted molar refractivity (Wildman–Crippen MR) is 79.8 cm³/mol. The Balaban J connectivity index is -0.0000000412. The zero-order chi connectivity index (χ0) is 11.4. The summed E-state index contributed by atoms with van der Waals surface area (Å²) in [5, 5.41) is 0. The molecule has 0 aliphatic carbocycles. The molecule has 0 heterocycles. The molecule has 1 aromatic carbocycles. The first kappa shape index (κ1) is 36.6. The van der Waals surface area contributed by atoms with Gasteiger partial charge >= 0.3 is 0 Å². The first-order valence-corrected chi connectivity index (χ1v) is 5.60. The summed E-state index contributed by atoms with van der Waals surface area (Å²) in [5.74, 6) is 0.529. The van der Waals surface area contributed by atoms with Gasteiger partial charge in [0.2, 0.25) is 0 Å². The van der Waals surface area contributed by atoms with Gasteiger partial charge in [-0.25, -0.2) is 0 Å². The van der Waals surface area contributed by atoms with Gasteiger partial charge in [-0.2, -0.15) is 48.7 Å². The van der Waals surface area contributed by atoms with Crippen LogP contribution in [0.3, 0.4) is 0 Å². The number of hydrogen-bond acceptors (Lipinski definition) is 0. The van der Waals surface area contributed by atoms with Crippen LogP contribution < -0.4 is 0 Å². The van der Waals surface area contributed by atoms with Crippen LogP contribution in [0.15, 0.2) is 24.3 Å². The van der Waals surface area contributed by atoms with E-state index in [0.717, 1.165) is 0 Å². The molecule has 0 fully saturated rings. The van der Waals surface area contributed by atoms with Crippen molar-refractivity contribution < 1.29 is 65.4 Å². The molecule has 0 saturated heterocycles. The second-order valence-electron chi connectivity index (χ2n) is 2.44. The molecule has 1 rings (SSSR count). The average molecular weight is 402 g/mol. The van der Waals surface area contributed by atoms with Crippen molar-refractivity contribution in [2.24, 2.45) is 0 Å². The van der Waals surface area contributed by atoms with Crippen LogP contribution in [-0.2, 0) is 65.4 Å². The molecule has 0 aliphatic rings. The van der Waals surface area contributed by atoms with E-state index in [4.69, 9.17) is 0 Å². The van der Waals surface area contributed by atoms with E-state index in [2.05, 4.69) is 32.4 Å². The summed E-state index contributed by atoms with van der Waals surface area (Å²) >= 11 is 0. The largest absolute Gasteiger partial charge is 0.326 e. The van der Waals surface area contributed by atoms with E-state index in [1.54, 1.807) is 0 Å². The fourth-order valence-corrected chi connectivity index (χ4v) is 0.870. The molecule has 1 unspecified atom stereocenters. The van der Waals surface area contributed by atoms with Crippen LogP contribution >= 0.6 is 0 Å². The Kier molecular flexibility index (Phi) is 63.1. The standard InChI is InChI=1S/C10H12.2C2H6.2CH4.2Y/c1-3-9(2)10-7-5-4-6-8-10;2*1-2;;;;/h3-7,9H,1-2H3;2*1-2H3;2*1H4;;/q-2;;;;;;. The van der Waals surface area contributed by atoms with Gasteiger partial charge < -0.3 is 6.42 Å². The second kappa shape index (κ2) is 31.0. The third-order valence-corrected chi connectivity index (χ3v) is 1.72. The van der Waals surface area contributed by atoms with Crippen LogP contribution in [-0.4, -0.2) is 0 Å². The number of hydrogen-bond donors (Lipinski definition) is 0. The summed E-state index contributed by atoms with van der Waals surface area (Å²) in [5.41, 5.74) is 1.27. The van der Waals surface area contributed by atoms with Gasteiger partial charge in [-0.1, -0.05) is 49.5 Å². The van der Waals surface area contributed by atoms with Crippen molar-refractivity contribution in [1.29, 1.82) is 0 Å². The maximum atomic E-state index is 3.19. The van der Waals surface area contributed by atoms with Crippen LogP contribution in [0, 0.1) is 12.5 Å². The van der Waals surface area contributed by atoms with Crippen molar-refractivity contribution in [3.63, 3.8) is 0 Å². The van der Waals surface area contributed by atoms with Crippen molar-refractivity contribution >= 4 is 0 Å². The van der Waals surface area contributed by atoms with E-state index in [1.807, 2.05) is 45.9 Å². The molecule has 0 spiro atoms. The molecule has 0 nitrogen and oxygen atoms in total. The molecule has 18 heavy (non-hydrogen) atoms. The third kappa shape index (κ3) is 19.8. The van der Waals surface area contributed by atoms with Gasteiger partial charge in [-0.3, -0.25) is 0 Å². The van der Waals surface area contributed by atoms with E-state index in [9.17, 15) is 0 Å². The van der Waals surface area contributed by atoms with Crippen LogP contribution in [0.4, 0.5) is 0 Å². The van der Waals surface area contributed by atoms with Gasteiger partial charge in [0.05, 0.1) is 0 Å². The molecule has 0 aromatic heterocycles. The predicted octanol–water partition coefficient (Wildman–Crippen LogP) is 6.13. The number of benzene rings is 1. The average Bonchev–Trinajstić information content (AvgIpc) is 2.34. The van der Waals surface area contributed by atoms with E-state index in [0.29, 0.717) is 5.92 Å². The molecule has 0 saturated carbocycles. The SMILES string of the molecule is C.C.CC.CC.C[CH-]C(C)c1[c-]cccc1.[Y].[Y]. The van der Waals surface area contributed by atoms with Gasteiger partial charge in [-0.15, -0.1) is 0 Å². The molecule has 1 atom stereocenters. The van der Waals surface area contributed by atoms with Crippen molar-refractivity contribution in [2.75, 3.05) is 0 Å². The summed E-state index contributed by atoms with van der Waals surface area (Å²) < 4.78 is 0. The van der Waals surface area contributed by atoms with Gasteiger partial charge in [-0.05, 0) is 0 Å². The Morgan fingerprint density at radius 3 is 1.72 bits per heavy atom. The van der Waals surface area contributed by atoms with Crippen LogP contribution in [0.5, 0.6) is 0 Å². The molecule has 0 amide bonds. The molecule has 104 valence electrons. The minimum atomic E-state index is 0.